The maximum absolute atomic E-state index is 3.74. The lowest BCUT2D eigenvalue weighted by atomic mass is 9.89. The first-order chi connectivity index (χ1) is 4.62. The van der Waals surface area contributed by atoms with E-state index in [1.165, 1.54) is 32.1 Å². The number of nitrogens with one attached hydrogen (secondary N) is 1. The minimum Gasteiger partial charge on any atom is -0.306 e. The minimum absolute atomic E-state index is 0.507. The summed E-state index contributed by atoms with van der Waals surface area (Å²) < 4.78 is 0. The summed E-state index contributed by atoms with van der Waals surface area (Å²) in [7, 11) is 0. The molecule has 1 heteroatoms. The monoisotopic (exact) mass is 139 g/mol. The molecule has 0 saturated carbocycles. The Bertz CT molecular complexity index is 139. The highest BCUT2D eigenvalue weighted by Gasteiger charge is 2.44. The molecule has 2 aliphatic rings. The predicted octanol–water partition coefficient (Wildman–Crippen LogP) is 2.07. The second-order valence-electron chi connectivity index (χ2n) is 4.60. The molecule has 2 atom stereocenters. The summed E-state index contributed by atoms with van der Waals surface area (Å²) in [6, 6.07) is 0. The Morgan fingerprint density at radius 3 is 1.80 bits per heavy atom. The van der Waals surface area contributed by atoms with E-state index in [1.807, 2.05) is 0 Å². The van der Waals surface area contributed by atoms with Gasteiger partial charge in [0.05, 0.1) is 0 Å². The van der Waals surface area contributed by atoms with Crippen molar-refractivity contribution in [1.82, 2.24) is 5.32 Å². The quantitative estimate of drug-likeness (QED) is 0.541. The molecule has 0 aromatic rings. The van der Waals surface area contributed by atoms with E-state index in [0.29, 0.717) is 11.1 Å². The molecular weight excluding hydrogens is 122 g/mol. The van der Waals surface area contributed by atoms with E-state index in [0.717, 1.165) is 0 Å². The first kappa shape index (κ1) is 6.66. The van der Waals surface area contributed by atoms with Crippen molar-refractivity contribution >= 4 is 0 Å². The smallest absolute Gasteiger partial charge is 0.0159 e. The van der Waals surface area contributed by atoms with Gasteiger partial charge in [0.25, 0.3) is 0 Å². The van der Waals surface area contributed by atoms with Crippen LogP contribution in [0.3, 0.4) is 0 Å². The van der Waals surface area contributed by atoms with E-state index in [4.69, 9.17) is 0 Å². The average molecular weight is 139 g/mol. The molecule has 2 rings (SSSR count). The lowest BCUT2D eigenvalue weighted by molar-refractivity contribution is 0.235. The molecule has 1 N–H and O–H groups in total. The highest BCUT2D eigenvalue weighted by atomic mass is 15.1. The highest BCUT2D eigenvalue weighted by molar-refractivity contribution is 5.05. The number of fused-ring (bicyclic) bond motifs is 2. The Morgan fingerprint density at radius 1 is 0.900 bits per heavy atom. The second-order valence-corrected chi connectivity index (χ2v) is 4.60. The molecule has 0 radical (unpaired) electrons. The topological polar surface area (TPSA) is 12.0 Å². The largest absolute Gasteiger partial charge is 0.306 e. The van der Waals surface area contributed by atoms with Gasteiger partial charge in [-0.05, 0) is 46.0 Å². The average Bonchev–Trinajstić information content (AvgIpc) is 2.03. The predicted molar refractivity (Wildman–Crippen MR) is 43.0 cm³/mol. The van der Waals surface area contributed by atoms with Gasteiger partial charge >= 0.3 is 0 Å². The van der Waals surface area contributed by atoms with Crippen molar-refractivity contribution in [2.45, 2.75) is 57.0 Å². The summed E-state index contributed by atoms with van der Waals surface area (Å²) in [5.74, 6) is 0. The van der Waals surface area contributed by atoms with Crippen LogP contribution in [0.25, 0.3) is 0 Å². The molecule has 2 unspecified atom stereocenters. The highest BCUT2D eigenvalue weighted by Crippen LogP contribution is 2.41. The van der Waals surface area contributed by atoms with Crippen LogP contribution in [0.15, 0.2) is 0 Å². The van der Waals surface area contributed by atoms with Crippen LogP contribution in [0.5, 0.6) is 0 Å². The van der Waals surface area contributed by atoms with E-state index in [2.05, 4.69) is 19.2 Å². The van der Waals surface area contributed by atoms with E-state index < -0.39 is 0 Å². The number of hydrogen-bond donors (Lipinski definition) is 1. The Balaban J connectivity index is 2.20. The molecule has 10 heavy (non-hydrogen) atoms. The fourth-order valence-electron chi connectivity index (χ4n) is 2.65. The maximum Gasteiger partial charge on any atom is 0.0159 e. The third kappa shape index (κ3) is 0.878. The zero-order chi connectivity index (χ0) is 7.24. The van der Waals surface area contributed by atoms with Crippen molar-refractivity contribution in [3.8, 4) is 0 Å². The molecule has 1 nitrogen and oxygen atoms in total. The van der Waals surface area contributed by atoms with Crippen LogP contribution in [0.2, 0.25) is 0 Å². The molecule has 0 aliphatic carbocycles. The van der Waals surface area contributed by atoms with E-state index in [9.17, 15) is 0 Å². The minimum atomic E-state index is 0.507. The molecule has 0 aromatic carbocycles. The molecule has 2 heterocycles. The molecule has 2 aliphatic heterocycles. The van der Waals surface area contributed by atoms with Crippen LogP contribution in [-0.4, -0.2) is 11.1 Å². The van der Waals surface area contributed by atoms with E-state index >= 15 is 0 Å². The van der Waals surface area contributed by atoms with E-state index in [1.54, 1.807) is 0 Å². The lowest BCUT2D eigenvalue weighted by Crippen LogP contribution is -2.50. The standard InChI is InChI=1S/C9H17N/c1-8-4-3-5-9(2,10-8)7-6-8/h10H,3-7H2,1-2H3. The lowest BCUT2D eigenvalue weighted by Gasteiger charge is -2.37. The van der Waals surface area contributed by atoms with Crippen LogP contribution in [0.1, 0.15) is 46.0 Å². The third-order valence-corrected chi connectivity index (χ3v) is 3.29. The van der Waals surface area contributed by atoms with Gasteiger partial charge in [0.1, 0.15) is 0 Å². The van der Waals surface area contributed by atoms with Crippen LogP contribution in [0.4, 0.5) is 0 Å². The van der Waals surface area contributed by atoms with Crippen molar-refractivity contribution in [3.05, 3.63) is 0 Å². The fourth-order valence-corrected chi connectivity index (χ4v) is 2.65. The molecule has 0 aromatic heterocycles. The molecular formula is C9H17N. The van der Waals surface area contributed by atoms with Gasteiger partial charge in [-0.2, -0.15) is 0 Å². The zero-order valence-electron chi connectivity index (χ0n) is 7.04. The molecule has 2 fully saturated rings. The molecule has 2 saturated heterocycles. The number of hydrogen-bond acceptors (Lipinski definition) is 1. The van der Waals surface area contributed by atoms with E-state index in [-0.39, 0.29) is 0 Å². The zero-order valence-corrected chi connectivity index (χ0v) is 7.04. The SMILES string of the molecule is CC12CCCC(C)(CC1)N2. The Kier molecular flexibility index (Phi) is 1.17. The van der Waals surface area contributed by atoms with Gasteiger partial charge in [-0.25, -0.2) is 0 Å². The van der Waals surface area contributed by atoms with Gasteiger partial charge in [-0.15, -0.1) is 0 Å². The van der Waals surface area contributed by atoms with Crippen LogP contribution in [0, 0.1) is 0 Å². The molecule has 2 bridgehead atoms. The van der Waals surface area contributed by atoms with Crippen molar-refractivity contribution in [2.24, 2.45) is 0 Å². The van der Waals surface area contributed by atoms with Crippen LogP contribution in [-0.2, 0) is 0 Å². The molecule has 0 spiro atoms. The van der Waals surface area contributed by atoms with Gasteiger partial charge in [-0.3, -0.25) is 0 Å². The van der Waals surface area contributed by atoms with Crippen molar-refractivity contribution in [1.29, 1.82) is 0 Å². The molecule has 58 valence electrons. The number of rotatable bonds is 0. The van der Waals surface area contributed by atoms with Crippen molar-refractivity contribution in [2.75, 3.05) is 0 Å². The Labute approximate surface area is 63.2 Å². The number of piperidine rings is 1. The summed E-state index contributed by atoms with van der Waals surface area (Å²) in [4.78, 5) is 0. The Morgan fingerprint density at radius 2 is 1.40 bits per heavy atom. The van der Waals surface area contributed by atoms with Crippen molar-refractivity contribution in [3.63, 3.8) is 0 Å². The van der Waals surface area contributed by atoms with Gasteiger partial charge in [0.2, 0.25) is 0 Å². The normalized spacial score (nSPS) is 53.4. The van der Waals surface area contributed by atoms with Crippen LogP contribution >= 0.6 is 0 Å². The fraction of sp³-hybridized carbons (Fsp3) is 1.00. The van der Waals surface area contributed by atoms with Gasteiger partial charge < -0.3 is 5.32 Å². The molecule has 0 amide bonds. The summed E-state index contributed by atoms with van der Waals surface area (Å²) in [6.07, 6.45) is 7.00. The first-order valence-electron chi connectivity index (χ1n) is 4.41. The summed E-state index contributed by atoms with van der Waals surface area (Å²) in [5, 5.41) is 3.74. The second kappa shape index (κ2) is 1.76. The van der Waals surface area contributed by atoms with Crippen molar-refractivity contribution < 1.29 is 0 Å². The first-order valence-corrected chi connectivity index (χ1v) is 4.41. The maximum atomic E-state index is 3.74. The van der Waals surface area contributed by atoms with Gasteiger partial charge in [0.15, 0.2) is 0 Å². The summed E-state index contributed by atoms with van der Waals surface area (Å²) in [5.41, 5.74) is 1.01. The summed E-state index contributed by atoms with van der Waals surface area (Å²) in [6.45, 7) is 4.74. The Hall–Kier alpha value is -0.0400. The van der Waals surface area contributed by atoms with Crippen LogP contribution < -0.4 is 5.32 Å². The summed E-state index contributed by atoms with van der Waals surface area (Å²) >= 11 is 0. The third-order valence-electron chi connectivity index (χ3n) is 3.29. The van der Waals surface area contributed by atoms with Gasteiger partial charge in [0, 0.05) is 11.1 Å². The van der Waals surface area contributed by atoms with Gasteiger partial charge in [-0.1, -0.05) is 0 Å².